The predicted molar refractivity (Wildman–Crippen MR) is 47.8 cm³/mol. The minimum atomic E-state index is 0.693. The summed E-state index contributed by atoms with van der Waals surface area (Å²) >= 11 is 4.65. The first-order valence-electron chi connectivity index (χ1n) is 3.17. The van der Waals surface area contributed by atoms with E-state index in [9.17, 15) is 0 Å². The number of hydrogen-bond donors (Lipinski definition) is 0. The van der Waals surface area contributed by atoms with E-state index in [-0.39, 0.29) is 0 Å². The lowest BCUT2D eigenvalue weighted by Crippen LogP contribution is -1.77. The Bertz CT molecular complexity index is 397. The number of aryl methyl sites for hydroxylation is 1. The molecule has 2 heterocycles. The van der Waals surface area contributed by atoms with Crippen molar-refractivity contribution in [3.8, 4) is 10.8 Å². The highest BCUT2D eigenvalue weighted by molar-refractivity contribution is 9.11. The van der Waals surface area contributed by atoms with E-state index in [1.54, 1.807) is 0 Å². The van der Waals surface area contributed by atoms with Crippen LogP contribution >= 0.6 is 27.3 Å². The lowest BCUT2D eigenvalue weighted by Gasteiger charge is -1.85. The minimum Gasteiger partial charge on any atom is -0.441 e. The van der Waals surface area contributed by atoms with Gasteiger partial charge in [0.1, 0.15) is 0 Å². The Hall–Kier alpha value is -0.750. The number of oxazole rings is 1. The van der Waals surface area contributed by atoms with Crippen molar-refractivity contribution in [3.63, 3.8) is 0 Å². The van der Waals surface area contributed by atoms with Gasteiger partial charge in [0.05, 0.1) is 5.69 Å². The molecule has 12 heavy (non-hydrogen) atoms. The lowest BCUT2D eigenvalue weighted by atomic mass is 10.4. The summed E-state index contributed by atoms with van der Waals surface area (Å²) in [7, 11) is 0. The van der Waals surface area contributed by atoms with Crippen molar-refractivity contribution in [1.82, 2.24) is 15.2 Å². The predicted octanol–water partition coefficient (Wildman–Crippen LogP) is 2.26. The van der Waals surface area contributed by atoms with Gasteiger partial charge >= 0.3 is 0 Å². The molecule has 0 unspecified atom stereocenters. The quantitative estimate of drug-likeness (QED) is 0.774. The van der Waals surface area contributed by atoms with Crippen LogP contribution in [-0.2, 0) is 0 Å². The summed E-state index contributed by atoms with van der Waals surface area (Å²) in [6, 6.07) is 0. The maximum absolute atomic E-state index is 5.14. The second-order valence-electron chi connectivity index (χ2n) is 2.13. The van der Waals surface area contributed by atoms with Crippen molar-refractivity contribution >= 4 is 27.3 Å². The van der Waals surface area contributed by atoms with Crippen molar-refractivity contribution in [2.24, 2.45) is 0 Å². The van der Waals surface area contributed by atoms with E-state index in [2.05, 4.69) is 31.1 Å². The molecule has 62 valence electrons. The van der Waals surface area contributed by atoms with Crippen molar-refractivity contribution in [1.29, 1.82) is 0 Å². The molecule has 2 aromatic heterocycles. The third-order valence-electron chi connectivity index (χ3n) is 1.34. The van der Waals surface area contributed by atoms with Crippen LogP contribution in [0.2, 0.25) is 0 Å². The summed E-state index contributed by atoms with van der Waals surface area (Å²) < 4.78 is 5.88. The van der Waals surface area contributed by atoms with E-state index in [4.69, 9.17) is 4.42 Å². The van der Waals surface area contributed by atoms with Crippen LogP contribution in [0, 0.1) is 6.92 Å². The smallest absolute Gasteiger partial charge is 0.187 e. The van der Waals surface area contributed by atoms with Crippen LogP contribution in [0.5, 0.6) is 0 Å². The van der Waals surface area contributed by atoms with Gasteiger partial charge in [-0.3, -0.25) is 0 Å². The highest BCUT2D eigenvalue weighted by Crippen LogP contribution is 2.27. The molecule has 0 aliphatic carbocycles. The molecule has 0 spiro atoms. The first-order valence-corrected chi connectivity index (χ1v) is 4.78. The third-order valence-corrected chi connectivity index (χ3v) is 2.69. The maximum atomic E-state index is 5.14. The Morgan fingerprint density at radius 1 is 1.50 bits per heavy atom. The highest BCUT2D eigenvalue weighted by atomic mass is 79.9. The van der Waals surface area contributed by atoms with Crippen LogP contribution in [0.1, 0.15) is 5.69 Å². The summed E-state index contributed by atoms with van der Waals surface area (Å²) in [5, 5.41) is 8.47. The van der Waals surface area contributed by atoms with Crippen LogP contribution in [0.4, 0.5) is 0 Å². The lowest BCUT2D eigenvalue weighted by molar-refractivity contribution is 0.570. The SMILES string of the molecule is Cc1ncoc1-c1nnc(Br)s1. The zero-order valence-corrected chi connectivity index (χ0v) is 8.52. The van der Waals surface area contributed by atoms with Gasteiger partial charge in [-0.15, -0.1) is 10.2 Å². The molecule has 0 radical (unpaired) electrons. The van der Waals surface area contributed by atoms with E-state index in [0.717, 1.165) is 14.6 Å². The average molecular weight is 246 g/mol. The average Bonchev–Trinajstić information content (AvgIpc) is 2.58. The fraction of sp³-hybridized carbons (Fsp3) is 0.167. The van der Waals surface area contributed by atoms with E-state index in [1.165, 1.54) is 17.7 Å². The molecule has 0 bridgehead atoms. The minimum absolute atomic E-state index is 0.693. The zero-order chi connectivity index (χ0) is 8.55. The molecular formula is C6H4BrN3OS. The van der Waals surface area contributed by atoms with E-state index < -0.39 is 0 Å². The van der Waals surface area contributed by atoms with Crippen LogP contribution in [0.25, 0.3) is 10.8 Å². The van der Waals surface area contributed by atoms with Crippen molar-refractivity contribution in [2.45, 2.75) is 6.92 Å². The Labute approximate surface area is 80.8 Å². The zero-order valence-electron chi connectivity index (χ0n) is 6.11. The first-order chi connectivity index (χ1) is 5.77. The van der Waals surface area contributed by atoms with E-state index in [0.29, 0.717) is 5.76 Å². The molecule has 0 aromatic carbocycles. The second-order valence-corrected chi connectivity index (χ2v) is 4.38. The molecule has 2 rings (SSSR count). The van der Waals surface area contributed by atoms with Gasteiger partial charge in [0.25, 0.3) is 0 Å². The van der Waals surface area contributed by atoms with Crippen molar-refractivity contribution < 1.29 is 4.42 Å². The Kier molecular flexibility index (Phi) is 1.93. The summed E-state index contributed by atoms with van der Waals surface area (Å²) in [4.78, 5) is 3.96. The largest absolute Gasteiger partial charge is 0.441 e. The fourth-order valence-corrected chi connectivity index (χ4v) is 1.95. The maximum Gasteiger partial charge on any atom is 0.187 e. The van der Waals surface area contributed by atoms with Gasteiger partial charge in [-0.1, -0.05) is 11.3 Å². The Morgan fingerprint density at radius 3 is 2.83 bits per heavy atom. The number of nitrogens with zero attached hydrogens (tertiary/aromatic N) is 3. The van der Waals surface area contributed by atoms with Crippen LogP contribution in [0.3, 0.4) is 0 Å². The molecule has 0 N–H and O–H groups in total. The van der Waals surface area contributed by atoms with Gasteiger partial charge in [-0.25, -0.2) is 4.98 Å². The molecule has 0 atom stereocenters. The molecule has 6 heteroatoms. The van der Waals surface area contributed by atoms with Gasteiger partial charge in [0, 0.05) is 0 Å². The topological polar surface area (TPSA) is 51.8 Å². The monoisotopic (exact) mass is 245 g/mol. The first kappa shape index (κ1) is 7.88. The van der Waals surface area contributed by atoms with Gasteiger partial charge in [0.2, 0.25) is 0 Å². The van der Waals surface area contributed by atoms with Gasteiger partial charge in [0.15, 0.2) is 21.1 Å². The second kappa shape index (κ2) is 2.95. The normalized spacial score (nSPS) is 10.5. The van der Waals surface area contributed by atoms with Gasteiger partial charge in [-0.2, -0.15) is 0 Å². The molecule has 0 saturated heterocycles. The van der Waals surface area contributed by atoms with E-state index in [1.807, 2.05) is 6.92 Å². The molecule has 0 saturated carbocycles. The standard InChI is InChI=1S/C6H4BrN3OS/c1-3-4(11-2-8-3)5-9-10-6(7)12-5/h2H,1H3. The van der Waals surface area contributed by atoms with Crippen LogP contribution < -0.4 is 0 Å². The number of rotatable bonds is 1. The summed E-state index contributed by atoms with van der Waals surface area (Å²) in [5.41, 5.74) is 0.832. The molecule has 0 aliphatic heterocycles. The van der Waals surface area contributed by atoms with E-state index >= 15 is 0 Å². The summed E-state index contributed by atoms with van der Waals surface area (Å²) in [6.45, 7) is 1.87. The van der Waals surface area contributed by atoms with Gasteiger partial charge in [-0.05, 0) is 22.9 Å². The number of halogens is 1. The van der Waals surface area contributed by atoms with Crippen LogP contribution in [0.15, 0.2) is 14.7 Å². The van der Waals surface area contributed by atoms with Crippen molar-refractivity contribution in [3.05, 3.63) is 16.0 Å². The van der Waals surface area contributed by atoms with Crippen molar-refractivity contribution in [2.75, 3.05) is 0 Å². The molecule has 2 aromatic rings. The molecule has 4 nitrogen and oxygen atoms in total. The highest BCUT2D eigenvalue weighted by Gasteiger charge is 2.11. The van der Waals surface area contributed by atoms with Gasteiger partial charge < -0.3 is 4.42 Å². The third kappa shape index (κ3) is 1.27. The Morgan fingerprint density at radius 2 is 2.33 bits per heavy atom. The number of hydrogen-bond acceptors (Lipinski definition) is 5. The summed E-state index contributed by atoms with van der Waals surface area (Å²) in [5.74, 6) is 0.693. The Balaban J connectivity index is 2.50. The summed E-state index contributed by atoms with van der Waals surface area (Å²) in [6.07, 6.45) is 1.40. The molecule has 0 aliphatic rings. The molecular weight excluding hydrogens is 242 g/mol. The van der Waals surface area contributed by atoms with Crippen LogP contribution in [-0.4, -0.2) is 15.2 Å². The number of aromatic nitrogens is 3. The molecule has 0 amide bonds. The molecule has 0 fully saturated rings. The fourth-order valence-electron chi connectivity index (χ4n) is 0.804.